The third-order valence-corrected chi connectivity index (χ3v) is 5.73. The molecule has 1 aromatic rings. The van der Waals surface area contributed by atoms with Gasteiger partial charge < -0.3 is 19.1 Å². The van der Waals surface area contributed by atoms with E-state index in [9.17, 15) is 14.4 Å². The third-order valence-electron chi connectivity index (χ3n) is 5.73. The fourth-order valence-electron chi connectivity index (χ4n) is 3.94. The minimum absolute atomic E-state index is 0.0524. The van der Waals surface area contributed by atoms with E-state index < -0.39 is 23.4 Å². The van der Waals surface area contributed by atoms with Crippen LogP contribution in [0.2, 0.25) is 0 Å². The molecule has 3 amide bonds. The topological polar surface area (TPSA) is 88.6 Å². The highest BCUT2D eigenvalue weighted by Crippen LogP contribution is 2.34. The van der Waals surface area contributed by atoms with Crippen molar-refractivity contribution in [3.05, 3.63) is 24.3 Å². The maximum atomic E-state index is 13.1. The summed E-state index contributed by atoms with van der Waals surface area (Å²) in [4.78, 5) is 43.6. The molecule has 2 aliphatic rings. The number of carbonyl (C=O) groups excluding carboxylic acids is 3. The van der Waals surface area contributed by atoms with Crippen LogP contribution in [-0.4, -0.2) is 71.0 Å². The molecule has 1 unspecified atom stereocenters. The van der Waals surface area contributed by atoms with Crippen LogP contribution in [0.5, 0.6) is 5.75 Å². The van der Waals surface area contributed by atoms with Gasteiger partial charge in [0.2, 0.25) is 0 Å². The number of fused-ring (bicyclic) bond motifs is 1. The zero-order valence-electron chi connectivity index (χ0n) is 22.7. The molecule has 1 saturated carbocycles. The molecule has 0 spiro atoms. The van der Waals surface area contributed by atoms with Gasteiger partial charge in [-0.05, 0) is 86.3 Å². The van der Waals surface area contributed by atoms with E-state index in [0.717, 1.165) is 12.8 Å². The highest BCUT2D eigenvalue weighted by atomic mass is 16.6. The fourth-order valence-corrected chi connectivity index (χ4v) is 3.94. The number of anilines is 1. The molecule has 1 fully saturated rings. The molecule has 1 aliphatic heterocycles. The number of para-hydroxylation sites is 2. The Kier molecular flexibility index (Phi) is 8.41. The first kappa shape index (κ1) is 27.6. The number of hydrogen-bond donors (Lipinski definition) is 0. The van der Waals surface area contributed by atoms with Gasteiger partial charge in [-0.25, -0.2) is 9.59 Å². The average Bonchev–Trinajstić information content (AvgIpc) is 3.58. The number of unbranched alkanes of at least 4 members (excludes halogenated alkanes) is 1. The Hall–Kier alpha value is -2.97. The minimum atomic E-state index is -0.672. The number of hydrogen-bond acceptors (Lipinski definition) is 6. The van der Waals surface area contributed by atoms with Crippen LogP contribution in [0.1, 0.15) is 74.1 Å². The number of benzene rings is 1. The molecule has 1 aromatic carbocycles. The second-order valence-electron chi connectivity index (χ2n) is 11.5. The first-order valence-electron chi connectivity index (χ1n) is 12.8. The molecule has 1 heterocycles. The molecule has 9 heteroatoms. The molecular weight excluding hydrogens is 462 g/mol. The molecule has 0 saturated heterocycles. The first-order chi connectivity index (χ1) is 16.7. The van der Waals surface area contributed by atoms with Crippen molar-refractivity contribution in [3.8, 4) is 5.75 Å². The van der Waals surface area contributed by atoms with Crippen LogP contribution >= 0.6 is 0 Å². The lowest BCUT2D eigenvalue weighted by Gasteiger charge is -2.37. The Morgan fingerprint density at radius 2 is 1.56 bits per heavy atom. The van der Waals surface area contributed by atoms with Crippen LogP contribution in [0.25, 0.3) is 0 Å². The lowest BCUT2D eigenvalue weighted by atomic mass is 10.2. The normalized spacial score (nSPS) is 17.7. The van der Waals surface area contributed by atoms with Gasteiger partial charge in [0.15, 0.2) is 6.10 Å². The van der Waals surface area contributed by atoms with Crippen LogP contribution < -0.4 is 9.64 Å². The summed E-state index contributed by atoms with van der Waals surface area (Å²) in [5.41, 5.74) is -0.593. The predicted octanol–water partition coefficient (Wildman–Crippen LogP) is 5.17. The van der Waals surface area contributed by atoms with Crippen LogP contribution in [0.4, 0.5) is 15.3 Å². The van der Waals surface area contributed by atoms with E-state index >= 15 is 0 Å². The van der Waals surface area contributed by atoms with Gasteiger partial charge in [-0.15, -0.1) is 0 Å². The summed E-state index contributed by atoms with van der Waals surface area (Å²) in [6.07, 6.45) is 1.87. The standard InChI is InChI=1S/C27H41N3O6/c1-19-23(31)30(21-12-8-9-13-22(21)34-19)18-28(24(32)35-26(2,3)4)16-10-11-17-29(20-14-15-20)25(33)36-27(5,6)7/h8-9,12-13,19-20H,10-11,14-18H2,1-7H3. The Labute approximate surface area is 214 Å². The second kappa shape index (κ2) is 11.0. The molecule has 200 valence electrons. The summed E-state index contributed by atoms with van der Waals surface area (Å²) in [6, 6.07) is 7.53. The molecule has 36 heavy (non-hydrogen) atoms. The van der Waals surface area contributed by atoms with Crippen molar-refractivity contribution < 1.29 is 28.6 Å². The average molecular weight is 504 g/mol. The summed E-state index contributed by atoms with van der Waals surface area (Å²) < 4.78 is 17.0. The quantitative estimate of drug-likeness (QED) is 0.455. The van der Waals surface area contributed by atoms with Gasteiger partial charge in [0.05, 0.1) is 5.69 Å². The van der Waals surface area contributed by atoms with Crippen LogP contribution in [0.3, 0.4) is 0 Å². The van der Waals surface area contributed by atoms with E-state index in [0.29, 0.717) is 37.4 Å². The van der Waals surface area contributed by atoms with Crippen molar-refractivity contribution >= 4 is 23.8 Å². The van der Waals surface area contributed by atoms with Crippen LogP contribution in [0, 0.1) is 0 Å². The van der Waals surface area contributed by atoms with Crippen molar-refractivity contribution in [2.24, 2.45) is 0 Å². The van der Waals surface area contributed by atoms with Gasteiger partial charge in [-0.3, -0.25) is 14.6 Å². The molecular formula is C27H41N3O6. The van der Waals surface area contributed by atoms with Crippen LogP contribution in [-0.2, 0) is 14.3 Å². The smallest absolute Gasteiger partial charge is 0.411 e. The fraction of sp³-hybridized carbons (Fsp3) is 0.667. The molecule has 1 aliphatic carbocycles. The van der Waals surface area contributed by atoms with Crippen molar-refractivity contribution in [3.63, 3.8) is 0 Å². The number of nitrogens with zero attached hydrogens (tertiary/aromatic N) is 3. The second-order valence-corrected chi connectivity index (χ2v) is 11.5. The zero-order chi connectivity index (χ0) is 26.7. The van der Waals surface area contributed by atoms with Gasteiger partial charge in [0, 0.05) is 19.1 Å². The van der Waals surface area contributed by atoms with Crippen molar-refractivity contribution in [1.29, 1.82) is 0 Å². The summed E-state index contributed by atoms with van der Waals surface area (Å²) in [5.74, 6) is 0.387. The van der Waals surface area contributed by atoms with Gasteiger partial charge >= 0.3 is 12.2 Å². The van der Waals surface area contributed by atoms with Crippen molar-refractivity contribution in [2.75, 3.05) is 24.7 Å². The lowest BCUT2D eigenvalue weighted by molar-refractivity contribution is -0.126. The van der Waals surface area contributed by atoms with Crippen molar-refractivity contribution in [2.45, 2.75) is 97.5 Å². The first-order valence-corrected chi connectivity index (χ1v) is 12.8. The van der Waals surface area contributed by atoms with Crippen molar-refractivity contribution in [1.82, 2.24) is 9.80 Å². The van der Waals surface area contributed by atoms with E-state index in [4.69, 9.17) is 14.2 Å². The number of carbonyl (C=O) groups is 3. The SMILES string of the molecule is CC1Oc2ccccc2N(CN(CCCCN(C(=O)OC(C)(C)C)C2CC2)C(=O)OC(C)(C)C)C1=O. The third kappa shape index (κ3) is 7.77. The van der Waals surface area contributed by atoms with Gasteiger partial charge in [-0.1, -0.05) is 12.1 Å². The lowest BCUT2D eigenvalue weighted by Crippen LogP contribution is -2.51. The van der Waals surface area contributed by atoms with E-state index in [1.807, 2.05) is 59.7 Å². The highest BCUT2D eigenvalue weighted by Gasteiger charge is 2.36. The molecule has 9 nitrogen and oxygen atoms in total. The molecule has 3 rings (SSSR count). The van der Waals surface area contributed by atoms with Crippen LogP contribution in [0.15, 0.2) is 24.3 Å². The molecule has 0 N–H and O–H groups in total. The van der Waals surface area contributed by atoms with E-state index in [-0.39, 0.29) is 24.7 Å². The molecule has 0 aromatic heterocycles. The molecule has 1 atom stereocenters. The zero-order valence-corrected chi connectivity index (χ0v) is 22.7. The number of ether oxygens (including phenoxy) is 3. The summed E-state index contributed by atoms with van der Waals surface area (Å²) in [7, 11) is 0. The van der Waals surface area contributed by atoms with Gasteiger partial charge in [-0.2, -0.15) is 0 Å². The number of amides is 3. The maximum Gasteiger partial charge on any atom is 0.411 e. The summed E-state index contributed by atoms with van der Waals surface area (Å²) in [6.45, 7) is 13.7. The van der Waals surface area contributed by atoms with E-state index in [2.05, 4.69) is 0 Å². The Bertz CT molecular complexity index is 948. The Balaban J connectivity index is 1.67. The molecule has 0 bridgehead atoms. The monoisotopic (exact) mass is 503 g/mol. The van der Waals surface area contributed by atoms with E-state index in [1.165, 1.54) is 0 Å². The predicted molar refractivity (Wildman–Crippen MR) is 137 cm³/mol. The molecule has 0 radical (unpaired) electrons. The largest absolute Gasteiger partial charge is 0.479 e. The van der Waals surface area contributed by atoms with Gasteiger partial charge in [0.1, 0.15) is 23.6 Å². The minimum Gasteiger partial charge on any atom is -0.479 e. The highest BCUT2D eigenvalue weighted by molar-refractivity contribution is 6.00. The maximum absolute atomic E-state index is 13.1. The number of rotatable bonds is 8. The van der Waals surface area contributed by atoms with Gasteiger partial charge in [0.25, 0.3) is 5.91 Å². The summed E-state index contributed by atoms with van der Waals surface area (Å²) in [5, 5.41) is 0. The Morgan fingerprint density at radius 3 is 2.17 bits per heavy atom. The Morgan fingerprint density at radius 1 is 0.972 bits per heavy atom. The summed E-state index contributed by atoms with van der Waals surface area (Å²) >= 11 is 0. The van der Waals surface area contributed by atoms with E-state index in [1.54, 1.807) is 27.7 Å².